The summed E-state index contributed by atoms with van der Waals surface area (Å²) in [5.41, 5.74) is 16.4. The molecule has 0 unspecified atom stereocenters. The number of benzene rings is 8. The molecule has 1 aliphatic carbocycles. The van der Waals surface area contributed by atoms with E-state index in [-0.39, 0.29) is 0 Å². The smallest absolute Gasteiger partial charge is 0.235 e. The molecule has 14 rings (SSSR count). The Hall–Kier alpha value is -8.48. The summed E-state index contributed by atoms with van der Waals surface area (Å²) in [5.74, 6) is 0.658. The van der Waals surface area contributed by atoms with Gasteiger partial charge in [-0.25, -0.2) is 9.97 Å². The van der Waals surface area contributed by atoms with Gasteiger partial charge in [0.15, 0.2) is 0 Å². The Morgan fingerprint density at radius 3 is 1.72 bits per heavy atom. The van der Waals surface area contributed by atoms with Gasteiger partial charge in [-0.2, -0.15) is 0 Å². The molecule has 0 bridgehead atoms. The van der Waals surface area contributed by atoms with Crippen molar-refractivity contribution in [1.29, 1.82) is 0 Å². The third kappa shape index (κ3) is 5.26. The van der Waals surface area contributed by atoms with Crippen molar-refractivity contribution in [3.63, 3.8) is 0 Å². The highest BCUT2D eigenvalue weighted by Gasteiger charge is 2.24. The maximum absolute atomic E-state index is 6.84. The predicted octanol–water partition coefficient (Wildman–Crippen LogP) is 15.3. The van der Waals surface area contributed by atoms with Crippen LogP contribution in [0.4, 0.5) is 0 Å². The van der Waals surface area contributed by atoms with E-state index in [4.69, 9.17) is 18.8 Å². The average Bonchev–Trinajstić information content (AvgIpc) is 4.09. The molecule has 13 aromatic rings. The molecule has 64 heavy (non-hydrogen) atoms. The monoisotopic (exact) mass is 820 g/mol. The van der Waals surface area contributed by atoms with E-state index < -0.39 is 0 Å². The number of nitrogens with zero attached hydrogens (tertiary/aromatic N) is 4. The summed E-state index contributed by atoms with van der Waals surface area (Å²) in [5, 5.41) is 7.96. The number of rotatable bonds is 5. The molecule has 6 nitrogen and oxygen atoms in total. The Balaban J connectivity index is 0.942. The lowest BCUT2D eigenvalue weighted by Gasteiger charge is -2.14. The number of fused-ring (bicyclic) bond motifs is 12. The van der Waals surface area contributed by atoms with Crippen LogP contribution in [0.1, 0.15) is 17.7 Å². The minimum Gasteiger partial charge on any atom is -0.456 e. The Morgan fingerprint density at radius 2 is 0.969 bits per heavy atom. The molecule has 0 saturated heterocycles. The van der Waals surface area contributed by atoms with Gasteiger partial charge in [0, 0.05) is 77.9 Å². The molecule has 1 aliphatic rings. The van der Waals surface area contributed by atoms with Gasteiger partial charge in [0.2, 0.25) is 5.95 Å². The van der Waals surface area contributed by atoms with Crippen LogP contribution in [0.25, 0.3) is 128 Å². The SMILES string of the molecule is C1=Cc2c(n(-c3nc(-c4ccccc4)cc(-c4ccccc4)n3)c3cc4oc5cc(-c6ccc7c(c6)c6cc8c(cc6n7-c6ccccc6)oc6ccccc68)ccc5c4cc23)CC1. The molecule has 0 atom stereocenters. The molecule has 300 valence electrons. The first-order chi connectivity index (χ1) is 31.7. The number of allylic oxidation sites excluding steroid dienone is 1. The number of hydrogen-bond donors (Lipinski definition) is 0. The van der Waals surface area contributed by atoms with Crippen molar-refractivity contribution in [2.24, 2.45) is 0 Å². The zero-order valence-corrected chi connectivity index (χ0v) is 34.5. The first-order valence-corrected chi connectivity index (χ1v) is 21.9. The van der Waals surface area contributed by atoms with Gasteiger partial charge in [0.1, 0.15) is 22.3 Å². The van der Waals surface area contributed by atoms with Gasteiger partial charge < -0.3 is 13.4 Å². The Morgan fingerprint density at radius 1 is 0.391 bits per heavy atom. The Labute approximate surface area is 366 Å². The second-order valence-corrected chi connectivity index (χ2v) is 16.9. The van der Waals surface area contributed by atoms with Gasteiger partial charge in [-0.3, -0.25) is 4.57 Å². The minimum atomic E-state index is 0.658. The normalized spacial score (nSPS) is 12.8. The molecule has 0 amide bonds. The fraction of sp³-hybridized carbons (Fsp3) is 0.0345. The third-order valence-corrected chi connectivity index (χ3v) is 13.2. The fourth-order valence-corrected chi connectivity index (χ4v) is 10.2. The van der Waals surface area contributed by atoms with E-state index in [0.717, 1.165) is 113 Å². The van der Waals surface area contributed by atoms with Crippen LogP contribution in [0.15, 0.2) is 197 Å². The summed E-state index contributed by atoms with van der Waals surface area (Å²) in [6.07, 6.45) is 6.40. The molecule has 0 fully saturated rings. The van der Waals surface area contributed by atoms with Crippen LogP contribution >= 0.6 is 0 Å². The molecular weight excluding hydrogens is 785 g/mol. The van der Waals surface area contributed by atoms with Gasteiger partial charge in [-0.1, -0.05) is 121 Å². The van der Waals surface area contributed by atoms with Gasteiger partial charge in [0.25, 0.3) is 0 Å². The van der Waals surface area contributed by atoms with E-state index in [1.807, 2.05) is 24.3 Å². The molecule has 5 heterocycles. The molecule has 0 spiro atoms. The van der Waals surface area contributed by atoms with Crippen molar-refractivity contribution in [2.75, 3.05) is 0 Å². The topological polar surface area (TPSA) is 61.9 Å². The summed E-state index contributed by atoms with van der Waals surface area (Å²) >= 11 is 0. The third-order valence-electron chi connectivity index (χ3n) is 13.2. The van der Waals surface area contributed by atoms with Crippen LogP contribution in [-0.2, 0) is 6.42 Å². The van der Waals surface area contributed by atoms with Crippen LogP contribution in [0.2, 0.25) is 0 Å². The number of para-hydroxylation sites is 2. The second-order valence-electron chi connectivity index (χ2n) is 16.9. The average molecular weight is 821 g/mol. The highest BCUT2D eigenvalue weighted by molar-refractivity contribution is 6.18. The quantitative estimate of drug-likeness (QED) is 0.173. The first-order valence-electron chi connectivity index (χ1n) is 21.9. The zero-order valence-electron chi connectivity index (χ0n) is 34.5. The molecule has 8 aromatic carbocycles. The van der Waals surface area contributed by atoms with Gasteiger partial charge in [-0.05, 0) is 84.6 Å². The molecule has 0 N–H and O–H groups in total. The lowest BCUT2D eigenvalue weighted by atomic mass is 9.99. The summed E-state index contributed by atoms with van der Waals surface area (Å²) in [6, 6.07) is 64.2. The van der Waals surface area contributed by atoms with E-state index in [2.05, 4.69) is 179 Å². The standard InChI is InChI=1S/C58H36N4O2/c1-4-14-35(15-5-1)48-32-49(36-16-6-2-7-17-36)60-58(59-48)62-50-22-12-10-20-40(50)44-30-47-42-26-24-38(29-55(42)64-57(47)34-53(44)62)37-25-27-51-43(28-37)45-31-46-41-21-11-13-23-54(41)63-56(46)33-52(45)61(51)39-18-8-3-9-19-39/h1-11,13-21,23-34H,12,22H2. The van der Waals surface area contributed by atoms with Crippen LogP contribution < -0.4 is 0 Å². The second kappa shape index (κ2) is 13.5. The first kappa shape index (κ1) is 35.2. The summed E-state index contributed by atoms with van der Waals surface area (Å²) in [4.78, 5) is 10.5. The Bertz CT molecular complexity index is 4000. The summed E-state index contributed by atoms with van der Waals surface area (Å²) in [7, 11) is 0. The van der Waals surface area contributed by atoms with E-state index in [9.17, 15) is 0 Å². The van der Waals surface area contributed by atoms with Gasteiger partial charge in [-0.15, -0.1) is 0 Å². The predicted molar refractivity (Wildman–Crippen MR) is 261 cm³/mol. The number of hydrogen-bond acceptors (Lipinski definition) is 4. The molecule has 0 saturated carbocycles. The number of aromatic nitrogens is 4. The number of furan rings is 2. The van der Waals surface area contributed by atoms with Crippen LogP contribution in [0.3, 0.4) is 0 Å². The Kier molecular flexibility index (Phi) is 7.42. The van der Waals surface area contributed by atoms with Crippen molar-refractivity contribution in [3.8, 4) is 45.3 Å². The highest BCUT2D eigenvalue weighted by atomic mass is 16.3. The molecule has 5 aromatic heterocycles. The van der Waals surface area contributed by atoms with E-state index >= 15 is 0 Å². The molecule has 6 heteroatoms. The van der Waals surface area contributed by atoms with Crippen LogP contribution in [-0.4, -0.2) is 19.1 Å². The van der Waals surface area contributed by atoms with Crippen molar-refractivity contribution in [2.45, 2.75) is 12.8 Å². The molecular formula is C58H36N4O2. The maximum Gasteiger partial charge on any atom is 0.235 e. The summed E-state index contributed by atoms with van der Waals surface area (Å²) in [6.45, 7) is 0. The van der Waals surface area contributed by atoms with Gasteiger partial charge in [0.05, 0.1) is 27.9 Å². The van der Waals surface area contributed by atoms with Crippen molar-refractivity contribution >= 4 is 82.7 Å². The zero-order chi connectivity index (χ0) is 41.9. The van der Waals surface area contributed by atoms with E-state index in [0.29, 0.717) is 5.95 Å². The van der Waals surface area contributed by atoms with Gasteiger partial charge >= 0.3 is 0 Å². The van der Waals surface area contributed by atoms with Crippen LogP contribution in [0.5, 0.6) is 0 Å². The van der Waals surface area contributed by atoms with Crippen molar-refractivity contribution < 1.29 is 8.83 Å². The van der Waals surface area contributed by atoms with E-state index in [1.54, 1.807) is 0 Å². The molecule has 0 aliphatic heterocycles. The fourth-order valence-electron chi connectivity index (χ4n) is 10.2. The largest absolute Gasteiger partial charge is 0.456 e. The van der Waals surface area contributed by atoms with Crippen LogP contribution in [0, 0.1) is 0 Å². The maximum atomic E-state index is 6.84. The lowest BCUT2D eigenvalue weighted by Crippen LogP contribution is -2.08. The molecule has 0 radical (unpaired) electrons. The highest BCUT2D eigenvalue weighted by Crippen LogP contribution is 2.43. The lowest BCUT2D eigenvalue weighted by molar-refractivity contribution is 0.669. The summed E-state index contributed by atoms with van der Waals surface area (Å²) < 4.78 is 17.9. The minimum absolute atomic E-state index is 0.658. The van der Waals surface area contributed by atoms with Crippen molar-refractivity contribution in [1.82, 2.24) is 19.1 Å². The van der Waals surface area contributed by atoms with E-state index in [1.165, 1.54) is 27.4 Å². The van der Waals surface area contributed by atoms with Crippen molar-refractivity contribution in [3.05, 3.63) is 199 Å².